The normalized spacial score (nSPS) is 12.7. The summed E-state index contributed by atoms with van der Waals surface area (Å²) in [5.74, 6) is -1.87. The molecule has 134 valence electrons. The highest BCUT2D eigenvalue weighted by Gasteiger charge is 2.34. The van der Waals surface area contributed by atoms with Gasteiger partial charge in [0, 0.05) is 5.39 Å². The molecule has 7 heteroatoms. The summed E-state index contributed by atoms with van der Waals surface area (Å²) in [5, 5.41) is 10.9. The first-order chi connectivity index (χ1) is 12.3. The number of carboxylic acid groups (broad SMARTS) is 1. The monoisotopic (exact) mass is 373 g/mol. The number of hydrogen-bond acceptors (Lipinski definition) is 3. The number of carbonyl (C=O) groups is 1. The number of rotatable bonds is 5. The molecule has 0 spiro atoms. The second-order valence-corrected chi connectivity index (χ2v) is 7.58. The summed E-state index contributed by atoms with van der Waals surface area (Å²) in [5.41, 5.74) is 0.252. The first-order valence-electron chi connectivity index (χ1n) is 7.83. The van der Waals surface area contributed by atoms with Crippen LogP contribution < -0.4 is 4.31 Å². The van der Waals surface area contributed by atoms with E-state index in [1.54, 1.807) is 24.3 Å². The molecule has 26 heavy (non-hydrogen) atoms. The van der Waals surface area contributed by atoms with E-state index >= 15 is 0 Å². The SMILES string of the molecule is CC(C(=O)O)N(c1cccc2ccccc12)S(=O)(=O)c1ccc(F)cc1. The van der Waals surface area contributed by atoms with Gasteiger partial charge in [-0.1, -0.05) is 36.4 Å². The Labute approximate surface area is 150 Å². The van der Waals surface area contributed by atoms with Crippen LogP contribution in [0.2, 0.25) is 0 Å². The summed E-state index contributed by atoms with van der Waals surface area (Å²) >= 11 is 0. The minimum absolute atomic E-state index is 0.181. The van der Waals surface area contributed by atoms with Crippen LogP contribution in [-0.4, -0.2) is 25.5 Å². The minimum atomic E-state index is -4.22. The smallest absolute Gasteiger partial charge is 0.327 e. The van der Waals surface area contributed by atoms with Crippen molar-refractivity contribution in [2.75, 3.05) is 4.31 Å². The molecule has 1 N–H and O–H groups in total. The largest absolute Gasteiger partial charge is 0.480 e. The van der Waals surface area contributed by atoms with E-state index in [2.05, 4.69) is 0 Å². The third kappa shape index (κ3) is 3.13. The quantitative estimate of drug-likeness (QED) is 0.741. The lowest BCUT2D eigenvalue weighted by atomic mass is 10.1. The number of benzene rings is 3. The van der Waals surface area contributed by atoms with Crippen molar-refractivity contribution in [3.8, 4) is 0 Å². The number of anilines is 1. The number of nitrogens with zero attached hydrogens (tertiary/aromatic N) is 1. The second kappa shape index (κ2) is 6.76. The molecule has 0 aliphatic carbocycles. The van der Waals surface area contributed by atoms with Gasteiger partial charge in [-0.25, -0.2) is 17.6 Å². The molecule has 0 fully saturated rings. The number of hydrogen-bond donors (Lipinski definition) is 1. The van der Waals surface area contributed by atoms with Gasteiger partial charge in [0.15, 0.2) is 0 Å². The van der Waals surface area contributed by atoms with E-state index in [0.717, 1.165) is 34.0 Å². The van der Waals surface area contributed by atoms with Gasteiger partial charge in [-0.2, -0.15) is 0 Å². The summed E-state index contributed by atoms with van der Waals surface area (Å²) in [6, 6.07) is 15.1. The number of carboxylic acids is 1. The molecule has 1 atom stereocenters. The third-order valence-corrected chi connectivity index (χ3v) is 5.98. The fourth-order valence-electron chi connectivity index (χ4n) is 2.77. The molecule has 0 aromatic heterocycles. The van der Waals surface area contributed by atoms with Crippen molar-refractivity contribution in [3.63, 3.8) is 0 Å². The average molecular weight is 373 g/mol. The summed E-state index contributed by atoms with van der Waals surface area (Å²) in [7, 11) is -4.22. The molecule has 0 aliphatic rings. The Kier molecular flexibility index (Phi) is 4.65. The Morgan fingerprint density at radius 3 is 2.27 bits per heavy atom. The van der Waals surface area contributed by atoms with Gasteiger partial charge in [0.2, 0.25) is 0 Å². The Morgan fingerprint density at radius 2 is 1.62 bits per heavy atom. The number of halogens is 1. The standard InChI is InChI=1S/C19H16FNO4S/c1-13(19(22)23)21(26(24,25)16-11-9-15(20)10-12-16)18-8-4-6-14-5-2-3-7-17(14)18/h2-13H,1H3,(H,22,23). The summed E-state index contributed by atoms with van der Waals surface area (Å²) in [6.07, 6.45) is 0. The van der Waals surface area contributed by atoms with E-state index in [1.165, 1.54) is 6.92 Å². The fourth-order valence-corrected chi connectivity index (χ4v) is 4.40. The zero-order valence-electron chi connectivity index (χ0n) is 13.8. The number of sulfonamides is 1. The van der Waals surface area contributed by atoms with Crippen LogP contribution >= 0.6 is 0 Å². The average Bonchev–Trinajstić information content (AvgIpc) is 2.62. The Bertz CT molecular complexity index is 1060. The minimum Gasteiger partial charge on any atom is -0.480 e. The van der Waals surface area contributed by atoms with Crippen LogP contribution in [0.25, 0.3) is 10.8 Å². The van der Waals surface area contributed by atoms with Gasteiger partial charge in [-0.15, -0.1) is 0 Å². The van der Waals surface area contributed by atoms with Crippen molar-refractivity contribution in [2.45, 2.75) is 17.9 Å². The van der Waals surface area contributed by atoms with Crippen molar-refractivity contribution < 1.29 is 22.7 Å². The highest BCUT2D eigenvalue weighted by Crippen LogP contribution is 2.32. The van der Waals surface area contributed by atoms with Crippen LogP contribution in [0.3, 0.4) is 0 Å². The van der Waals surface area contributed by atoms with Crippen LogP contribution in [0.1, 0.15) is 6.92 Å². The fraction of sp³-hybridized carbons (Fsp3) is 0.105. The zero-order chi connectivity index (χ0) is 18.9. The summed E-state index contributed by atoms with van der Waals surface area (Å²) in [4.78, 5) is 11.4. The maximum absolute atomic E-state index is 13.2. The van der Waals surface area contributed by atoms with Gasteiger partial charge in [0.1, 0.15) is 11.9 Å². The second-order valence-electron chi connectivity index (χ2n) is 5.77. The van der Waals surface area contributed by atoms with Crippen LogP contribution in [0, 0.1) is 5.82 Å². The molecule has 0 radical (unpaired) electrons. The lowest BCUT2D eigenvalue weighted by Gasteiger charge is -2.29. The molecule has 0 bridgehead atoms. The van der Waals surface area contributed by atoms with Crippen LogP contribution in [-0.2, 0) is 14.8 Å². The zero-order valence-corrected chi connectivity index (χ0v) is 14.7. The van der Waals surface area contributed by atoms with E-state index in [0.29, 0.717) is 5.39 Å². The molecule has 0 saturated carbocycles. The highest BCUT2D eigenvalue weighted by molar-refractivity contribution is 7.93. The number of fused-ring (bicyclic) bond motifs is 1. The molecule has 0 saturated heterocycles. The van der Waals surface area contributed by atoms with Crippen LogP contribution in [0.5, 0.6) is 0 Å². The topological polar surface area (TPSA) is 74.7 Å². The van der Waals surface area contributed by atoms with Crippen LogP contribution in [0.4, 0.5) is 10.1 Å². The van der Waals surface area contributed by atoms with Gasteiger partial charge in [-0.3, -0.25) is 4.31 Å². The van der Waals surface area contributed by atoms with Gasteiger partial charge >= 0.3 is 5.97 Å². The Balaban J connectivity index is 2.26. The molecule has 3 aromatic rings. The molecular formula is C19H16FNO4S. The van der Waals surface area contributed by atoms with Crippen molar-refractivity contribution in [1.29, 1.82) is 0 Å². The van der Waals surface area contributed by atoms with Gasteiger partial charge in [-0.05, 0) is 42.6 Å². The van der Waals surface area contributed by atoms with E-state index in [4.69, 9.17) is 0 Å². The van der Waals surface area contributed by atoms with E-state index in [-0.39, 0.29) is 10.6 Å². The van der Waals surface area contributed by atoms with Crippen molar-refractivity contribution in [3.05, 3.63) is 72.5 Å². The molecule has 0 amide bonds. The Morgan fingerprint density at radius 1 is 1.00 bits per heavy atom. The molecule has 5 nitrogen and oxygen atoms in total. The maximum Gasteiger partial charge on any atom is 0.327 e. The number of aliphatic carboxylic acids is 1. The third-order valence-electron chi connectivity index (χ3n) is 4.08. The first kappa shape index (κ1) is 17.9. The molecule has 3 rings (SSSR count). The van der Waals surface area contributed by atoms with Crippen molar-refractivity contribution in [2.24, 2.45) is 0 Å². The van der Waals surface area contributed by atoms with Crippen molar-refractivity contribution >= 4 is 32.5 Å². The van der Waals surface area contributed by atoms with E-state index in [1.807, 2.05) is 18.2 Å². The highest BCUT2D eigenvalue weighted by atomic mass is 32.2. The van der Waals surface area contributed by atoms with Gasteiger partial charge < -0.3 is 5.11 Å². The van der Waals surface area contributed by atoms with Crippen molar-refractivity contribution in [1.82, 2.24) is 0 Å². The molecular weight excluding hydrogens is 357 g/mol. The lowest BCUT2D eigenvalue weighted by molar-refractivity contribution is -0.137. The summed E-state index contributed by atoms with van der Waals surface area (Å²) < 4.78 is 40.4. The lowest BCUT2D eigenvalue weighted by Crippen LogP contribution is -2.43. The first-order valence-corrected chi connectivity index (χ1v) is 9.27. The van der Waals surface area contributed by atoms with E-state index in [9.17, 15) is 22.7 Å². The predicted molar refractivity (Wildman–Crippen MR) is 97.1 cm³/mol. The maximum atomic E-state index is 13.2. The van der Waals surface area contributed by atoms with Gasteiger partial charge in [0.05, 0.1) is 10.6 Å². The van der Waals surface area contributed by atoms with E-state index < -0.39 is 27.9 Å². The Hall–Kier alpha value is -2.93. The van der Waals surface area contributed by atoms with Gasteiger partial charge in [0.25, 0.3) is 10.0 Å². The predicted octanol–water partition coefficient (Wildman–Crippen LogP) is 3.65. The van der Waals surface area contributed by atoms with Crippen LogP contribution in [0.15, 0.2) is 71.6 Å². The molecule has 0 aliphatic heterocycles. The molecule has 3 aromatic carbocycles. The molecule has 0 heterocycles. The summed E-state index contributed by atoms with van der Waals surface area (Å²) in [6.45, 7) is 1.30. The molecule has 1 unspecified atom stereocenters.